The molecule has 3 rings (SSSR count). The lowest BCUT2D eigenvalue weighted by atomic mass is 10.0. The molecule has 0 saturated heterocycles. The van der Waals surface area contributed by atoms with E-state index in [9.17, 15) is 18.0 Å². The Bertz CT molecular complexity index is 1060. The van der Waals surface area contributed by atoms with Crippen molar-refractivity contribution in [1.82, 2.24) is 9.78 Å². The van der Waals surface area contributed by atoms with Gasteiger partial charge in [0.2, 0.25) is 0 Å². The number of hydrazone groups is 1. The lowest BCUT2D eigenvalue weighted by Crippen LogP contribution is -2.25. The van der Waals surface area contributed by atoms with Crippen molar-refractivity contribution in [3.63, 3.8) is 0 Å². The van der Waals surface area contributed by atoms with Crippen molar-refractivity contribution in [2.24, 2.45) is 10.9 Å². The second-order valence-electron chi connectivity index (χ2n) is 6.37. The molecule has 1 aromatic heterocycles. The molecule has 0 spiro atoms. The number of halogens is 3. The van der Waals surface area contributed by atoms with Crippen molar-refractivity contribution in [2.45, 2.75) is 19.6 Å². The summed E-state index contributed by atoms with van der Waals surface area (Å²) in [4.78, 5) is 12.5. The second-order valence-corrected chi connectivity index (χ2v) is 6.37. The van der Waals surface area contributed by atoms with Crippen molar-refractivity contribution in [3.05, 3.63) is 83.2 Å². The van der Waals surface area contributed by atoms with E-state index in [1.54, 1.807) is 18.2 Å². The summed E-state index contributed by atoms with van der Waals surface area (Å²) in [6, 6.07) is 12.2. The quantitative estimate of drug-likeness (QED) is 0.389. The standard InChI is InChI=1S/C20H18F3N5O/c1-13-5-2-3-8-17(13)18(27-24)19(29)26-16-10-25-28(12-16)11-14-6-4-7-15(9-14)20(21,22)23/h2-10,12H,11,24H2,1H3,(H,26,29)/b27-18+. The fourth-order valence-corrected chi connectivity index (χ4v) is 2.83. The molecule has 9 heteroatoms. The molecule has 6 nitrogen and oxygen atoms in total. The van der Waals surface area contributed by atoms with Gasteiger partial charge in [0, 0.05) is 11.8 Å². The molecule has 3 aromatic rings. The zero-order valence-electron chi connectivity index (χ0n) is 15.4. The number of carbonyl (C=O) groups excluding carboxylic acids is 1. The minimum Gasteiger partial charge on any atom is -0.322 e. The first-order chi connectivity index (χ1) is 13.8. The SMILES string of the molecule is Cc1ccccc1/C(=N\N)C(=O)Nc1cnn(Cc2cccc(C(F)(F)F)c2)c1. The molecule has 0 atom stereocenters. The van der Waals surface area contributed by atoms with Crippen molar-refractivity contribution in [2.75, 3.05) is 5.32 Å². The Balaban J connectivity index is 1.72. The minimum atomic E-state index is -4.41. The van der Waals surface area contributed by atoms with Crippen molar-refractivity contribution in [1.29, 1.82) is 0 Å². The molecular formula is C20H18F3N5O. The summed E-state index contributed by atoms with van der Waals surface area (Å²) in [7, 11) is 0. The number of hydrogen-bond acceptors (Lipinski definition) is 4. The zero-order chi connectivity index (χ0) is 21.0. The van der Waals surface area contributed by atoms with Gasteiger partial charge in [0.1, 0.15) is 0 Å². The van der Waals surface area contributed by atoms with Crippen LogP contribution in [0.3, 0.4) is 0 Å². The van der Waals surface area contributed by atoms with E-state index in [4.69, 9.17) is 5.84 Å². The monoisotopic (exact) mass is 401 g/mol. The summed E-state index contributed by atoms with van der Waals surface area (Å²) in [6.45, 7) is 1.95. The highest BCUT2D eigenvalue weighted by atomic mass is 19.4. The summed E-state index contributed by atoms with van der Waals surface area (Å²) < 4.78 is 40.0. The lowest BCUT2D eigenvalue weighted by molar-refractivity contribution is -0.137. The molecule has 1 amide bonds. The molecular weight excluding hydrogens is 383 g/mol. The van der Waals surface area contributed by atoms with E-state index >= 15 is 0 Å². The smallest absolute Gasteiger partial charge is 0.322 e. The first-order valence-electron chi connectivity index (χ1n) is 8.62. The summed E-state index contributed by atoms with van der Waals surface area (Å²) in [6.07, 6.45) is -1.49. The first kappa shape index (κ1) is 20.1. The van der Waals surface area contributed by atoms with E-state index in [1.165, 1.54) is 23.1 Å². The van der Waals surface area contributed by atoms with Crippen molar-refractivity contribution < 1.29 is 18.0 Å². The maximum atomic E-state index is 12.8. The third-order valence-electron chi connectivity index (χ3n) is 4.23. The largest absolute Gasteiger partial charge is 0.416 e. The molecule has 2 aromatic carbocycles. The van der Waals surface area contributed by atoms with Gasteiger partial charge < -0.3 is 11.2 Å². The number of benzene rings is 2. The number of rotatable bonds is 5. The fourth-order valence-electron chi connectivity index (χ4n) is 2.83. The summed E-state index contributed by atoms with van der Waals surface area (Å²) >= 11 is 0. The normalized spacial score (nSPS) is 12.1. The number of nitrogens with two attached hydrogens (primary N) is 1. The zero-order valence-corrected chi connectivity index (χ0v) is 15.4. The van der Waals surface area contributed by atoms with Crippen LogP contribution < -0.4 is 11.2 Å². The van der Waals surface area contributed by atoms with Gasteiger partial charge in [-0.15, -0.1) is 0 Å². The van der Waals surface area contributed by atoms with Gasteiger partial charge in [-0.3, -0.25) is 9.48 Å². The van der Waals surface area contributed by atoms with E-state index in [0.717, 1.165) is 17.7 Å². The number of amides is 1. The van der Waals surface area contributed by atoms with Gasteiger partial charge in [-0.25, -0.2) is 0 Å². The number of anilines is 1. The number of hydrogen-bond donors (Lipinski definition) is 2. The Hall–Kier alpha value is -3.62. The molecule has 1 heterocycles. The van der Waals surface area contributed by atoms with Crippen LogP contribution >= 0.6 is 0 Å². The van der Waals surface area contributed by atoms with E-state index < -0.39 is 17.6 Å². The molecule has 150 valence electrons. The molecule has 0 aliphatic carbocycles. The summed E-state index contributed by atoms with van der Waals surface area (Å²) in [5.74, 6) is 4.89. The summed E-state index contributed by atoms with van der Waals surface area (Å²) in [5.41, 5.74) is 1.59. The van der Waals surface area contributed by atoms with Crippen LogP contribution in [-0.2, 0) is 17.5 Å². The third kappa shape index (κ3) is 4.81. The predicted octanol–water partition coefficient (Wildman–Crippen LogP) is 3.56. The Morgan fingerprint density at radius 1 is 1.21 bits per heavy atom. The highest BCUT2D eigenvalue weighted by Crippen LogP contribution is 2.29. The molecule has 0 aliphatic rings. The van der Waals surface area contributed by atoms with Crippen LogP contribution in [0.15, 0.2) is 66.0 Å². The molecule has 0 radical (unpaired) electrons. The van der Waals surface area contributed by atoms with Crippen molar-refractivity contribution in [3.8, 4) is 0 Å². The average molecular weight is 401 g/mol. The van der Waals surface area contributed by atoms with Crippen LogP contribution in [-0.4, -0.2) is 21.4 Å². The summed E-state index contributed by atoms with van der Waals surface area (Å²) in [5, 5.41) is 10.3. The van der Waals surface area contributed by atoms with Crippen LogP contribution in [0.5, 0.6) is 0 Å². The Labute approximate surface area is 164 Å². The molecule has 0 bridgehead atoms. The van der Waals surface area contributed by atoms with Crippen LogP contribution in [0.2, 0.25) is 0 Å². The van der Waals surface area contributed by atoms with Gasteiger partial charge in [-0.05, 0) is 30.2 Å². The highest BCUT2D eigenvalue weighted by molar-refractivity contribution is 6.49. The van der Waals surface area contributed by atoms with Crippen LogP contribution in [0.4, 0.5) is 18.9 Å². The van der Waals surface area contributed by atoms with Crippen LogP contribution in [0.1, 0.15) is 22.3 Å². The highest BCUT2D eigenvalue weighted by Gasteiger charge is 2.30. The molecule has 29 heavy (non-hydrogen) atoms. The number of carbonyl (C=O) groups is 1. The predicted molar refractivity (Wildman–Crippen MR) is 103 cm³/mol. The maximum absolute atomic E-state index is 12.8. The molecule has 0 saturated carbocycles. The molecule has 0 unspecified atom stereocenters. The number of nitrogens with one attached hydrogen (secondary N) is 1. The Morgan fingerprint density at radius 2 is 1.97 bits per heavy atom. The van der Waals surface area contributed by atoms with E-state index in [1.807, 2.05) is 19.1 Å². The number of aryl methyl sites for hydroxylation is 1. The van der Waals surface area contributed by atoms with Gasteiger partial charge in [-0.2, -0.15) is 23.4 Å². The fraction of sp³-hybridized carbons (Fsp3) is 0.150. The average Bonchev–Trinajstić information content (AvgIpc) is 3.10. The number of aromatic nitrogens is 2. The van der Waals surface area contributed by atoms with Gasteiger partial charge in [0.25, 0.3) is 5.91 Å². The third-order valence-corrected chi connectivity index (χ3v) is 4.23. The Kier molecular flexibility index (Phi) is 5.67. The molecule has 0 fully saturated rings. The first-order valence-corrected chi connectivity index (χ1v) is 8.62. The Morgan fingerprint density at radius 3 is 2.66 bits per heavy atom. The van der Waals surface area contributed by atoms with Gasteiger partial charge >= 0.3 is 6.18 Å². The van der Waals surface area contributed by atoms with Crippen LogP contribution in [0.25, 0.3) is 0 Å². The number of nitrogens with zero attached hydrogens (tertiary/aromatic N) is 3. The lowest BCUT2D eigenvalue weighted by Gasteiger charge is -2.09. The molecule has 3 N–H and O–H groups in total. The van der Waals surface area contributed by atoms with Crippen LogP contribution in [0, 0.1) is 6.92 Å². The van der Waals surface area contributed by atoms with Gasteiger partial charge in [-0.1, -0.05) is 36.4 Å². The minimum absolute atomic E-state index is 0.0636. The second kappa shape index (κ2) is 8.17. The van der Waals surface area contributed by atoms with Gasteiger partial charge in [0.15, 0.2) is 5.71 Å². The van der Waals surface area contributed by atoms with E-state index in [-0.39, 0.29) is 12.3 Å². The molecule has 0 aliphatic heterocycles. The topological polar surface area (TPSA) is 85.3 Å². The maximum Gasteiger partial charge on any atom is 0.416 e. The van der Waals surface area contributed by atoms with Gasteiger partial charge in [0.05, 0.1) is 24.0 Å². The number of alkyl halides is 3. The van der Waals surface area contributed by atoms with Crippen molar-refractivity contribution >= 4 is 17.3 Å². The van der Waals surface area contributed by atoms with E-state index in [0.29, 0.717) is 16.8 Å². The van der Waals surface area contributed by atoms with E-state index in [2.05, 4.69) is 15.5 Å².